The second-order valence-corrected chi connectivity index (χ2v) is 3.19. The van der Waals surface area contributed by atoms with Crippen LogP contribution in [0.4, 0.5) is 0 Å². The van der Waals surface area contributed by atoms with E-state index in [4.69, 9.17) is 9.84 Å². The first-order valence-corrected chi connectivity index (χ1v) is 4.30. The molecule has 13 heavy (non-hydrogen) atoms. The Morgan fingerprint density at radius 1 is 1.69 bits per heavy atom. The van der Waals surface area contributed by atoms with E-state index in [2.05, 4.69) is 0 Å². The van der Waals surface area contributed by atoms with Crippen LogP contribution in [0.3, 0.4) is 0 Å². The maximum Gasteiger partial charge on any atom is 0.303 e. The maximum absolute atomic E-state index is 10.7. The monoisotopic (exact) mass is 182 g/mol. The summed E-state index contributed by atoms with van der Waals surface area (Å²) in [6.45, 7) is 3.38. The summed E-state index contributed by atoms with van der Waals surface area (Å²) in [4.78, 5) is 10.7. The minimum Gasteiger partial charge on any atom is -0.458 e. The van der Waals surface area contributed by atoms with Crippen LogP contribution < -0.4 is 0 Å². The average molecular weight is 182 g/mol. The quantitative estimate of drug-likeness (QED) is 0.649. The normalized spacial score (nSPS) is 26.8. The minimum atomic E-state index is -0.276. The molecule has 0 heterocycles. The van der Waals surface area contributed by atoms with Crippen molar-refractivity contribution >= 4 is 5.97 Å². The van der Waals surface area contributed by atoms with E-state index in [1.807, 2.05) is 13.0 Å². The third kappa shape index (κ3) is 2.70. The maximum atomic E-state index is 10.7. The summed E-state index contributed by atoms with van der Waals surface area (Å²) in [7, 11) is 0. The lowest BCUT2D eigenvalue weighted by Gasteiger charge is -2.21. The zero-order valence-corrected chi connectivity index (χ0v) is 7.86. The molecule has 3 heteroatoms. The van der Waals surface area contributed by atoms with Crippen molar-refractivity contribution in [2.45, 2.75) is 20.0 Å². The van der Waals surface area contributed by atoms with Gasteiger partial charge in [0.25, 0.3) is 0 Å². The predicted molar refractivity (Wildman–Crippen MR) is 49.0 cm³/mol. The molecule has 1 N–H and O–H groups in total. The molecule has 2 atom stereocenters. The van der Waals surface area contributed by atoms with Gasteiger partial charge < -0.3 is 9.84 Å². The summed E-state index contributed by atoms with van der Waals surface area (Å²) < 4.78 is 5.04. The van der Waals surface area contributed by atoms with Crippen LogP contribution in [-0.2, 0) is 9.53 Å². The number of carbonyl (C=O) groups is 1. The summed E-state index contributed by atoms with van der Waals surface area (Å²) in [5.74, 6) is -0.140. The standard InChI is InChI=1S/C10H14O3/c1-7-5-9(6-11)3-4-10(7)13-8(2)12/h3-5,7,10-11H,6H2,1-2H3. The molecule has 0 bridgehead atoms. The third-order valence-corrected chi connectivity index (χ3v) is 1.98. The lowest BCUT2D eigenvalue weighted by Crippen LogP contribution is -2.23. The molecule has 0 amide bonds. The number of aliphatic hydroxyl groups excluding tert-OH is 1. The van der Waals surface area contributed by atoms with Gasteiger partial charge in [-0.15, -0.1) is 0 Å². The number of carbonyl (C=O) groups excluding carboxylic acids is 1. The Balaban J connectivity index is 2.60. The van der Waals surface area contributed by atoms with Crippen LogP contribution in [0, 0.1) is 5.92 Å². The zero-order chi connectivity index (χ0) is 9.84. The van der Waals surface area contributed by atoms with Gasteiger partial charge in [-0.05, 0) is 11.6 Å². The van der Waals surface area contributed by atoms with Crippen molar-refractivity contribution in [1.29, 1.82) is 0 Å². The van der Waals surface area contributed by atoms with E-state index in [0.717, 1.165) is 5.57 Å². The van der Waals surface area contributed by atoms with Crippen LogP contribution in [-0.4, -0.2) is 23.8 Å². The van der Waals surface area contributed by atoms with Crippen molar-refractivity contribution in [1.82, 2.24) is 0 Å². The first-order chi connectivity index (χ1) is 6.13. The molecule has 0 aromatic heterocycles. The highest BCUT2D eigenvalue weighted by Crippen LogP contribution is 2.19. The average Bonchev–Trinajstić information content (AvgIpc) is 2.08. The molecule has 72 valence electrons. The molecule has 0 aromatic carbocycles. The number of aliphatic hydroxyl groups is 1. The van der Waals surface area contributed by atoms with Gasteiger partial charge in [0.1, 0.15) is 6.10 Å². The second-order valence-electron chi connectivity index (χ2n) is 3.19. The smallest absolute Gasteiger partial charge is 0.303 e. The molecular weight excluding hydrogens is 168 g/mol. The molecule has 0 saturated heterocycles. The highest BCUT2D eigenvalue weighted by molar-refractivity contribution is 5.66. The Labute approximate surface area is 77.7 Å². The minimum absolute atomic E-state index is 0.0353. The molecular formula is C10H14O3. The van der Waals surface area contributed by atoms with Crippen LogP contribution >= 0.6 is 0 Å². The fourth-order valence-corrected chi connectivity index (χ4v) is 1.33. The van der Waals surface area contributed by atoms with E-state index in [1.165, 1.54) is 6.92 Å². The van der Waals surface area contributed by atoms with Crippen LogP contribution in [0.5, 0.6) is 0 Å². The van der Waals surface area contributed by atoms with Gasteiger partial charge in [0, 0.05) is 12.8 Å². The fourth-order valence-electron chi connectivity index (χ4n) is 1.33. The molecule has 0 aliphatic heterocycles. The molecule has 0 aromatic rings. The Hall–Kier alpha value is -1.09. The topological polar surface area (TPSA) is 46.5 Å². The Kier molecular flexibility index (Phi) is 3.25. The molecule has 1 aliphatic rings. The highest BCUT2D eigenvalue weighted by Gasteiger charge is 2.18. The van der Waals surface area contributed by atoms with Crippen molar-refractivity contribution in [2.24, 2.45) is 5.92 Å². The SMILES string of the molecule is CC(=O)OC1C=CC(CO)=CC1C. The van der Waals surface area contributed by atoms with E-state index in [0.29, 0.717) is 0 Å². The Morgan fingerprint density at radius 2 is 2.38 bits per heavy atom. The van der Waals surface area contributed by atoms with E-state index in [-0.39, 0.29) is 24.6 Å². The zero-order valence-electron chi connectivity index (χ0n) is 7.86. The van der Waals surface area contributed by atoms with Crippen molar-refractivity contribution in [3.8, 4) is 0 Å². The summed E-state index contributed by atoms with van der Waals surface area (Å²) in [6, 6.07) is 0. The summed E-state index contributed by atoms with van der Waals surface area (Å²) in [5, 5.41) is 8.85. The van der Waals surface area contributed by atoms with Crippen molar-refractivity contribution in [3.63, 3.8) is 0 Å². The molecule has 2 unspecified atom stereocenters. The fraction of sp³-hybridized carbons (Fsp3) is 0.500. The number of ether oxygens (including phenoxy) is 1. The van der Waals surface area contributed by atoms with Crippen LogP contribution in [0.25, 0.3) is 0 Å². The van der Waals surface area contributed by atoms with E-state index in [9.17, 15) is 4.79 Å². The van der Waals surface area contributed by atoms with Gasteiger partial charge in [0.15, 0.2) is 0 Å². The lowest BCUT2D eigenvalue weighted by molar-refractivity contribution is -0.145. The Bertz CT molecular complexity index is 253. The summed E-state index contributed by atoms with van der Waals surface area (Å²) in [5.41, 5.74) is 0.871. The number of hydrogen-bond acceptors (Lipinski definition) is 3. The van der Waals surface area contributed by atoms with E-state index < -0.39 is 0 Å². The van der Waals surface area contributed by atoms with E-state index >= 15 is 0 Å². The van der Waals surface area contributed by atoms with Gasteiger partial charge in [0.05, 0.1) is 6.61 Å². The largest absolute Gasteiger partial charge is 0.458 e. The lowest BCUT2D eigenvalue weighted by atomic mass is 9.95. The summed E-state index contributed by atoms with van der Waals surface area (Å²) >= 11 is 0. The van der Waals surface area contributed by atoms with Gasteiger partial charge in [-0.1, -0.05) is 19.1 Å². The number of rotatable bonds is 2. The molecule has 0 spiro atoms. The van der Waals surface area contributed by atoms with Crippen molar-refractivity contribution in [2.75, 3.05) is 6.61 Å². The molecule has 0 radical (unpaired) electrons. The van der Waals surface area contributed by atoms with Crippen molar-refractivity contribution in [3.05, 3.63) is 23.8 Å². The van der Waals surface area contributed by atoms with Gasteiger partial charge in [-0.2, -0.15) is 0 Å². The number of esters is 1. The predicted octanol–water partition coefficient (Wildman–Crippen LogP) is 1.04. The van der Waals surface area contributed by atoms with Gasteiger partial charge in [0.2, 0.25) is 0 Å². The number of hydrogen-bond donors (Lipinski definition) is 1. The second kappa shape index (κ2) is 4.23. The molecule has 0 fully saturated rings. The van der Waals surface area contributed by atoms with E-state index in [1.54, 1.807) is 12.2 Å². The first-order valence-electron chi connectivity index (χ1n) is 4.30. The highest BCUT2D eigenvalue weighted by atomic mass is 16.5. The molecule has 1 aliphatic carbocycles. The van der Waals surface area contributed by atoms with Gasteiger partial charge >= 0.3 is 5.97 Å². The van der Waals surface area contributed by atoms with Crippen molar-refractivity contribution < 1.29 is 14.6 Å². The Morgan fingerprint density at radius 3 is 2.85 bits per heavy atom. The molecule has 1 rings (SSSR count). The summed E-state index contributed by atoms with van der Waals surface area (Å²) in [6.07, 6.45) is 5.31. The molecule has 3 nitrogen and oxygen atoms in total. The first kappa shape index (κ1) is 9.99. The van der Waals surface area contributed by atoms with Gasteiger partial charge in [-0.25, -0.2) is 0 Å². The van der Waals surface area contributed by atoms with Crippen LogP contribution in [0.2, 0.25) is 0 Å². The molecule has 0 saturated carbocycles. The van der Waals surface area contributed by atoms with Gasteiger partial charge in [-0.3, -0.25) is 4.79 Å². The third-order valence-electron chi connectivity index (χ3n) is 1.98. The van der Waals surface area contributed by atoms with Crippen LogP contribution in [0.15, 0.2) is 23.8 Å². The van der Waals surface area contributed by atoms with Crippen LogP contribution in [0.1, 0.15) is 13.8 Å².